The Morgan fingerprint density at radius 3 is 2.54 bits per heavy atom. The van der Waals surface area contributed by atoms with Gasteiger partial charge in [0.15, 0.2) is 0 Å². The summed E-state index contributed by atoms with van der Waals surface area (Å²) in [6.07, 6.45) is 0. The van der Waals surface area contributed by atoms with E-state index in [1.165, 1.54) is 12.1 Å². The van der Waals surface area contributed by atoms with Crippen molar-refractivity contribution in [2.24, 2.45) is 0 Å². The van der Waals surface area contributed by atoms with Crippen LogP contribution in [0.1, 0.15) is 11.1 Å². The van der Waals surface area contributed by atoms with Crippen LogP contribution < -0.4 is 5.73 Å². The van der Waals surface area contributed by atoms with E-state index in [1.54, 1.807) is 13.0 Å². The molecule has 0 aromatic heterocycles. The summed E-state index contributed by atoms with van der Waals surface area (Å²) in [5.74, 6) is 0. The lowest BCUT2D eigenvalue weighted by Gasteiger charge is -2.06. The molecule has 0 bridgehead atoms. The number of nitrogens with one attached hydrogen (secondary N) is 1. The van der Waals surface area contributed by atoms with Gasteiger partial charge in [0.25, 0.3) is 10.1 Å². The van der Waals surface area contributed by atoms with Crippen LogP contribution in [0, 0.1) is 6.92 Å². The van der Waals surface area contributed by atoms with Crippen molar-refractivity contribution in [3.8, 4) is 0 Å². The molecule has 5 heteroatoms. The summed E-state index contributed by atoms with van der Waals surface area (Å²) in [4.78, 5) is -0.114. The van der Waals surface area contributed by atoms with Crippen LogP contribution in [0.5, 0.6) is 0 Å². The van der Waals surface area contributed by atoms with E-state index in [0.717, 1.165) is 0 Å². The lowest BCUT2D eigenvalue weighted by atomic mass is 10.1. The van der Waals surface area contributed by atoms with Crippen LogP contribution in [0.3, 0.4) is 0 Å². The summed E-state index contributed by atoms with van der Waals surface area (Å²) in [6.45, 7) is 1.59. The Morgan fingerprint density at radius 2 is 2.08 bits per heavy atom. The van der Waals surface area contributed by atoms with Crippen LogP contribution in [-0.2, 0) is 16.7 Å². The van der Waals surface area contributed by atoms with Crippen molar-refractivity contribution in [1.29, 1.82) is 0 Å². The highest BCUT2D eigenvalue weighted by atomic mass is 32.2. The van der Waals surface area contributed by atoms with E-state index in [0.29, 0.717) is 11.1 Å². The highest BCUT2D eigenvalue weighted by Gasteiger charge is 2.13. The van der Waals surface area contributed by atoms with E-state index in [-0.39, 0.29) is 11.4 Å². The second-order valence-electron chi connectivity index (χ2n) is 2.69. The number of hydrogen-bond acceptors (Lipinski definition) is 2. The third kappa shape index (κ3) is 2.06. The monoisotopic (exact) mass is 200 g/mol. The van der Waals surface area contributed by atoms with Gasteiger partial charge in [-0.05, 0) is 24.1 Å². The topological polar surface area (TPSA) is 78.2 Å². The summed E-state index contributed by atoms with van der Waals surface area (Å²) >= 11 is 0. The van der Waals surface area contributed by atoms with Crippen LogP contribution in [-0.4, -0.2) is 13.0 Å². The highest BCUT2D eigenvalue weighted by molar-refractivity contribution is 7.85. The second-order valence-corrected chi connectivity index (χ2v) is 4.08. The molecule has 1 aromatic carbocycles. The Labute approximate surface area is 77.1 Å². The molecule has 71 valence electrons. The lowest BCUT2D eigenvalue weighted by Crippen LogP contribution is -2.03. The van der Waals surface area contributed by atoms with Crippen molar-refractivity contribution in [2.75, 3.05) is 0 Å². The van der Waals surface area contributed by atoms with Gasteiger partial charge in [0.05, 0.1) is 4.90 Å². The molecule has 0 aliphatic carbocycles. The van der Waals surface area contributed by atoms with Crippen molar-refractivity contribution in [3.05, 3.63) is 29.3 Å². The molecule has 0 spiro atoms. The number of hydrogen-bond donors (Lipinski definition) is 1. The minimum absolute atomic E-state index is 0.00912. The predicted molar refractivity (Wildman–Crippen MR) is 47.8 cm³/mol. The zero-order chi connectivity index (χ0) is 10.1. The summed E-state index contributed by atoms with van der Waals surface area (Å²) in [5.41, 5.74) is 8.16. The van der Waals surface area contributed by atoms with Crippen LogP contribution >= 0.6 is 0 Å². The second kappa shape index (κ2) is 3.45. The number of rotatable bonds is 2. The van der Waals surface area contributed by atoms with Crippen molar-refractivity contribution < 1.29 is 13.0 Å². The van der Waals surface area contributed by atoms with Crippen LogP contribution in [0.2, 0.25) is 0 Å². The molecule has 0 saturated heterocycles. The Balaban J connectivity index is 3.41. The van der Waals surface area contributed by atoms with Gasteiger partial charge in [-0.2, -0.15) is 8.42 Å². The maximum absolute atomic E-state index is 10.8. The molecule has 4 nitrogen and oxygen atoms in total. The van der Waals surface area contributed by atoms with E-state index in [9.17, 15) is 8.42 Å². The molecule has 0 unspecified atom stereocenters. The molecule has 13 heavy (non-hydrogen) atoms. The quantitative estimate of drug-likeness (QED) is 0.724. The fourth-order valence-corrected chi connectivity index (χ4v) is 1.90. The maximum Gasteiger partial charge on any atom is 0.294 e. The van der Waals surface area contributed by atoms with Gasteiger partial charge < -0.3 is 0 Å². The van der Waals surface area contributed by atoms with Crippen molar-refractivity contribution >= 4 is 10.1 Å². The molecule has 2 N–H and O–H groups in total. The van der Waals surface area contributed by atoms with Crippen LogP contribution in [0.4, 0.5) is 0 Å². The smallest absolute Gasteiger partial charge is 0.282 e. The summed E-state index contributed by atoms with van der Waals surface area (Å²) < 4.78 is 30.4. The molecule has 0 atom stereocenters. The fraction of sp³-hybridized carbons (Fsp3) is 0.250. The van der Waals surface area contributed by atoms with Gasteiger partial charge in [-0.3, -0.25) is 10.3 Å². The third-order valence-corrected chi connectivity index (χ3v) is 2.86. The molecule has 0 heterocycles. The van der Waals surface area contributed by atoms with E-state index in [1.807, 2.05) is 0 Å². The highest BCUT2D eigenvalue weighted by Crippen LogP contribution is 2.18. The van der Waals surface area contributed by atoms with Gasteiger partial charge >= 0.3 is 0 Å². The fourth-order valence-electron chi connectivity index (χ4n) is 1.13. The summed E-state index contributed by atoms with van der Waals surface area (Å²) in [7, 11) is -4.15. The van der Waals surface area contributed by atoms with Crippen molar-refractivity contribution in [1.82, 2.24) is 5.73 Å². The average Bonchev–Trinajstić information content (AvgIpc) is 2.02. The van der Waals surface area contributed by atoms with Crippen LogP contribution in [0.25, 0.3) is 0 Å². The first-order chi connectivity index (χ1) is 5.96. The first-order valence-electron chi connectivity index (χ1n) is 3.67. The minimum Gasteiger partial charge on any atom is -0.282 e. The zero-order valence-electron chi connectivity index (χ0n) is 7.11. The summed E-state index contributed by atoms with van der Waals surface area (Å²) in [5, 5.41) is 0. The average molecular weight is 200 g/mol. The van der Waals surface area contributed by atoms with Gasteiger partial charge in [0.1, 0.15) is 0 Å². The van der Waals surface area contributed by atoms with Crippen LogP contribution in [0.15, 0.2) is 23.1 Å². The first-order valence-corrected chi connectivity index (χ1v) is 5.11. The standard InChI is InChI=1S/C8H10NO3S/c1-6-7(5-9)3-2-4-8(6)13(10,11)12/h2-4,9H,5H2,1H3,(H,10,11,12). The molecule has 0 aliphatic rings. The van der Waals surface area contributed by atoms with E-state index >= 15 is 0 Å². The van der Waals surface area contributed by atoms with E-state index in [4.69, 9.17) is 10.3 Å². The molecule has 0 saturated carbocycles. The van der Waals surface area contributed by atoms with Gasteiger partial charge in [0, 0.05) is 6.54 Å². The largest absolute Gasteiger partial charge is 0.294 e. The normalized spacial score (nSPS) is 11.6. The molecule has 1 aromatic rings. The molecular weight excluding hydrogens is 190 g/mol. The van der Waals surface area contributed by atoms with Gasteiger partial charge in [0.2, 0.25) is 0 Å². The van der Waals surface area contributed by atoms with Gasteiger partial charge in [-0.15, -0.1) is 0 Å². The van der Waals surface area contributed by atoms with Crippen molar-refractivity contribution in [2.45, 2.75) is 18.4 Å². The first kappa shape index (κ1) is 10.2. The van der Waals surface area contributed by atoms with E-state index < -0.39 is 10.1 Å². The van der Waals surface area contributed by atoms with Crippen molar-refractivity contribution in [3.63, 3.8) is 0 Å². The Hall–Kier alpha value is -0.910. The Morgan fingerprint density at radius 1 is 1.46 bits per heavy atom. The predicted octanol–water partition coefficient (Wildman–Crippen LogP) is 1.02. The molecule has 1 radical (unpaired) electrons. The SMILES string of the molecule is Cc1c(C[NH])cccc1S(=O)(=O)O. The molecule has 1 rings (SSSR count). The molecule has 0 fully saturated rings. The summed E-state index contributed by atoms with van der Waals surface area (Å²) in [6, 6.07) is 4.50. The molecule has 0 aliphatic heterocycles. The number of benzene rings is 1. The molecule has 0 amide bonds. The minimum atomic E-state index is -4.15. The van der Waals surface area contributed by atoms with Gasteiger partial charge in [-0.25, -0.2) is 0 Å². The third-order valence-electron chi connectivity index (χ3n) is 1.86. The van der Waals surface area contributed by atoms with Gasteiger partial charge in [-0.1, -0.05) is 12.1 Å². The molecular formula is C8H10NO3S. The van der Waals surface area contributed by atoms with E-state index in [2.05, 4.69) is 0 Å². The lowest BCUT2D eigenvalue weighted by molar-refractivity contribution is 0.482. The Kier molecular flexibility index (Phi) is 2.70. The Bertz CT molecular complexity index is 411. The zero-order valence-corrected chi connectivity index (χ0v) is 7.93. The maximum atomic E-state index is 10.8.